The standard InChI is InChI=1S/C23H18Cl3N3O3/c1-10-13(25)6-5-12-19(10)27-22(32)23(12)18-17(16-3-2-8-28(16)23)20(30)29(21(18)31)15-7-4-11(24)9-14(15)26/h4-7,9,16-18H,2-3,8H2,1H3,(H,27,32)/t16-,17-,18-,23-/m0/s1. The maximum atomic E-state index is 13.9. The first-order chi connectivity index (χ1) is 15.3. The van der Waals surface area contributed by atoms with Crippen LogP contribution in [0.2, 0.25) is 15.1 Å². The minimum atomic E-state index is -1.24. The number of hydrogen-bond acceptors (Lipinski definition) is 4. The molecular formula is C23H18Cl3N3O3. The van der Waals surface area contributed by atoms with Crippen LogP contribution in [0.5, 0.6) is 0 Å². The lowest BCUT2D eigenvalue weighted by Crippen LogP contribution is -2.54. The molecule has 3 amide bonds. The summed E-state index contributed by atoms with van der Waals surface area (Å²) in [6.07, 6.45) is 1.60. The Kier molecular flexibility index (Phi) is 4.29. The smallest absolute Gasteiger partial charge is 0.250 e. The van der Waals surface area contributed by atoms with Crippen molar-refractivity contribution in [2.45, 2.75) is 31.3 Å². The van der Waals surface area contributed by atoms with Crippen LogP contribution in [-0.4, -0.2) is 35.2 Å². The third kappa shape index (κ3) is 2.29. The molecule has 9 heteroatoms. The molecule has 0 aliphatic carbocycles. The Bertz CT molecular complexity index is 1250. The van der Waals surface area contributed by atoms with Crippen molar-refractivity contribution < 1.29 is 14.4 Å². The van der Waals surface area contributed by atoms with Gasteiger partial charge in [0.1, 0.15) is 5.54 Å². The SMILES string of the molecule is Cc1c(Cl)ccc2c1NC(=O)[C@@]21[C@@H]2C(=O)N(c3ccc(Cl)cc3Cl)C(=O)[C@H]2[C@@H]2CCCN21. The van der Waals surface area contributed by atoms with E-state index in [4.69, 9.17) is 34.8 Å². The Morgan fingerprint density at radius 1 is 1.03 bits per heavy atom. The molecule has 4 atom stereocenters. The zero-order chi connectivity index (χ0) is 22.5. The van der Waals surface area contributed by atoms with Gasteiger partial charge in [0.15, 0.2) is 0 Å². The second kappa shape index (κ2) is 6.70. The molecule has 2 aromatic carbocycles. The van der Waals surface area contributed by atoms with E-state index < -0.39 is 23.3 Å². The summed E-state index contributed by atoms with van der Waals surface area (Å²) in [6, 6.07) is 8.06. The van der Waals surface area contributed by atoms with Crippen molar-refractivity contribution in [1.82, 2.24) is 4.90 Å². The molecule has 4 aliphatic rings. The fraction of sp³-hybridized carbons (Fsp3) is 0.348. The summed E-state index contributed by atoms with van der Waals surface area (Å²) in [5, 5.41) is 4.15. The van der Waals surface area contributed by atoms with Crippen LogP contribution in [0.3, 0.4) is 0 Å². The van der Waals surface area contributed by atoms with E-state index in [0.717, 1.165) is 23.3 Å². The van der Waals surface area contributed by atoms with Gasteiger partial charge in [0, 0.05) is 21.7 Å². The normalized spacial score (nSPS) is 30.8. The van der Waals surface area contributed by atoms with E-state index in [1.165, 1.54) is 6.07 Å². The Hall–Kier alpha value is -2.12. The highest BCUT2D eigenvalue weighted by Crippen LogP contribution is 2.61. The van der Waals surface area contributed by atoms with Crippen LogP contribution in [0.15, 0.2) is 30.3 Å². The highest BCUT2D eigenvalue weighted by molar-refractivity contribution is 6.38. The van der Waals surface area contributed by atoms with Gasteiger partial charge in [0.2, 0.25) is 17.7 Å². The van der Waals surface area contributed by atoms with Crippen LogP contribution in [0.25, 0.3) is 0 Å². The second-order valence-corrected chi connectivity index (χ2v) is 10.1. The van der Waals surface area contributed by atoms with Crippen molar-refractivity contribution in [3.8, 4) is 0 Å². The number of anilines is 2. The molecule has 3 saturated heterocycles. The highest BCUT2D eigenvalue weighted by Gasteiger charge is 2.74. The number of carbonyl (C=O) groups excluding carboxylic acids is 3. The number of fused-ring (bicyclic) bond motifs is 7. The van der Waals surface area contributed by atoms with Crippen molar-refractivity contribution in [2.75, 3.05) is 16.8 Å². The molecule has 32 heavy (non-hydrogen) atoms. The lowest BCUT2D eigenvalue weighted by Gasteiger charge is -2.36. The van der Waals surface area contributed by atoms with Crippen LogP contribution in [0, 0.1) is 18.8 Å². The Labute approximate surface area is 199 Å². The van der Waals surface area contributed by atoms with Gasteiger partial charge >= 0.3 is 0 Å². The maximum Gasteiger partial charge on any atom is 0.250 e. The predicted octanol–water partition coefficient (Wildman–Crippen LogP) is 4.39. The summed E-state index contributed by atoms with van der Waals surface area (Å²) in [5.74, 6) is -2.46. The van der Waals surface area contributed by atoms with Crippen LogP contribution in [-0.2, 0) is 19.9 Å². The van der Waals surface area contributed by atoms with Gasteiger partial charge in [-0.15, -0.1) is 0 Å². The van der Waals surface area contributed by atoms with E-state index in [9.17, 15) is 14.4 Å². The molecular weight excluding hydrogens is 473 g/mol. The number of imide groups is 1. The largest absolute Gasteiger partial charge is 0.324 e. The number of nitrogens with zero attached hydrogens (tertiary/aromatic N) is 2. The number of nitrogens with one attached hydrogen (secondary N) is 1. The lowest BCUT2D eigenvalue weighted by molar-refractivity contribution is -0.135. The minimum absolute atomic E-state index is 0.194. The van der Waals surface area contributed by atoms with E-state index in [0.29, 0.717) is 33.5 Å². The summed E-state index contributed by atoms with van der Waals surface area (Å²) in [7, 11) is 0. The van der Waals surface area contributed by atoms with E-state index in [1.807, 2.05) is 13.0 Å². The number of amides is 3. The van der Waals surface area contributed by atoms with E-state index in [2.05, 4.69) is 10.2 Å². The molecule has 6 nitrogen and oxygen atoms in total. The van der Waals surface area contributed by atoms with Crippen LogP contribution in [0.4, 0.5) is 11.4 Å². The molecule has 0 saturated carbocycles. The Balaban J connectivity index is 1.57. The fourth-order valence-corrected chi connectivity index (χ4v) is 6.94. The summed E-state index contributed by atoms with van der Waals surface area (Å²) in [4.78, 5) is 44.5. The molecule has 0 aromatic heterocycles. The molecule has 4 aliphatic heterocycles. The fourth-order valence-electron chi connectivity index (χ4n) is 6.29. The summed E-state index contributed by atoms with van der Waals surface area (Å²) in [5.41, 5.74) is 1.16. The molecule has 0 unspecified atom stereocenters. The van der Waals surface area contributed by atoms with Crippen molar-refractivity contribution in [2.24, 2.45) is 11.8 Å². The number of halogens is 3. The molecule has 0 bridgehead atoms. The molecule has 6 rings (SSSR count). The van der Waals surface area contributed by atoms with Crippen molar-refractivity contribution in [3.63, 3.8) is 0 Å². The topological polar surface area (TPSA) is 69.7 Å². The van der Waals surface area contributed by atoms with Gasteiger partial charge in [-0.3, -0.25) is 19.3 Å². The molecule has 0 radical (unpaired) electrons. The number of benzene rings is 2. The second-order valence-electron chi connectivity index (χ2n) is 8.83. The van der Waals surface area contributed by atoms with Crippen molar-refractivity contribution in [3.05, 3.63) is 56.5 Å². The third-order valence-electron chi connectivity index (χ3n) is 7.51. The Morgan fingerprint density at radius 2 is 1.81 bits per heavy atom. The number of hydrogen-bond donors (Lipinski definition) is 1. The zero-order valence-corrected chi connectivity index (χ0v) is 19.3. The summed E-state index contributed by atoms with van der Waals surface area (Å²) < 4.78 is 0. The van der Waals surface area contributed by atoms with Crippen molar-refractivity contribution >= 4 is 63.9 Å². The zero-order valence-electron chi connectivity index (χ0n) is 17.0. The lowest BCUT2D eigenvalue weighted by atomic mass is 9.75. The summed E-state index contributed by atoms with van der Waals surface area (Å²) >= 11 is 18.7. The van der Waals surface area contributed by atoms with Gasteiger partial charge in [-0.05, 0) is 56.1 Å². The van der Waals surface area contributed by atoms with Crippen LogP contribution >= 0.6 is 34.8 Å². The third-order valence-corrected chi connectivity index (χ3v) is 8.46. The van der Waals surface area contributed by atoms with E-state index in [-0.39, 0.29) is 22.9 Å². The average Bonchev–Trinajstić information content (AvgIpc) is 3.45. The van der Waals surface area contributed by atoms with Gasteiger partial charge in [-0.2, -0.15) is 0 Å². The number of carbonyl (C=O) groups is 3. The average molecular weight is 491 g/mol. The summed E-state index contributed by atoms with van der Waals surface area (Å²) in [6.45, 7) is 2.49. The minimum Gasteiger partial charge on any atom is -0.324 e. The molecule has 2 aromatic rings. The molecule has 1 N–H and O–H groups in total. The molecule has 164 valence electrons. The first-order valence-corrected chi connectivity index (χ1v) is 11.6. The van der Waals surface area contributed by atoms with Gasteiger partial charge < -0.3 is 5.32 Å². The van der Waals surface area contributed by atoms with Crippen LogP contribution in [0.1, 0.15) is 24.0 Å². The first kappa shape index (κ1) is 20.5. The first-order valence-electron chi connectivity index (χ1n) is 10.5. The Morgan fingerprint density at radius 3 is 2.56 bits per heavy atom. The molecule has 4 heterocycles. The monoisotopic (exact) mass is 489 g/mol. The van der Waals surface area contributed by atoms with E-state index >= 15 is 0 Å². The van der Waals surface area contributed by atoms with E-state index in [1.54, 1.807) is 18.2 Å². The molecule has 1 spiro atoms. The van der Waals surface area contributed by atoms with Crippen LogP contribution < -0.4 is 10.2 Å². The maximum absolute atomic E-state index is 13.9. The van der Waals surface area contributed by atoms with Gasteiger partial charge in [0.05, 0.1) is 28.2 Å². The quantitative estimate of drug-likeness (QED) is 0.602. The van der Waals surface area contributed by atoms with Gasteiger partial charge in [0.25, 0.3) is 0 Å². The molecule has 3 fully saturated rings. The highest BCUT2D eigenvalue weighted by atomic mass is 35.5. The predicted molar refractivity (Wildman–Crippen MR) is 122 cm³/mol. The van der Waals surface area contributed by atoms with Crippen molar-refractivity contribution in [1.29, 1.82) is 0 Å². The van der Waals surface area contributed by atoms with Gasteiger partial charge in [-0.25, -0.2) is 4.90 Å². The number of rotatable bonds is 1. The van der Waals surface area contributed by atoms with Gasteiger partial charge in [-0.1, -0.05) is 40.9 Å².